The lowest BCUT2D eigenvalue weighted by atomic mass is 9.93. The van der Waals surface area contributed by atoms with Gasteiger partial charge in [0.2, 0.25) is 0 Å². The largest absolute Gasteiger partial charge is 0.305 e. The van der Waals surface area contributed by atoms with Gasteiger partial charge in [0.25, 0.3) is 0 Å². The Kier molecular flexibility index (Phi) is 5.34. The molecule has 27 heavy (non-hydrogen) atoms. The van der Waals surface area contributed by atoms with Gasteiger partial charge in [-0.05, 0) is 38.0 Å². The Balaban J connectivity index is 1.47. The second kappa shape index (κ2) is 7.89. The van der Waals surface area contributed by atoms with E-state index in [2.05, 4.69) is 76.5 Å². The van der Waals surface area contributed by atoms with Gasteiger partial charge in [0.1, 0.15) is 0 Å². The average molecular weight is 379 g/mol. The molecule has 0 amide bonds. The number of likely N-dealkylation sites (N-methyl/N-ethyl adjacent to an activating group) is 1. The van der Waals surface area contributed by atoms with Gasteiger partial charge < -0.3 is 4.90 Å². The number of thiophene rings is 1. The Morgan fingerprint density at radius 1 is 1.07 bits per heavy atom. The molecule has 0 N–H and O–H groups in total. The lowest BCUT2D eigenvalue weighted by molar-refractivity contribution is 0.259. The highest BCUT2D eigenvalue weighted by atomic mass is 32.1. The standard InChI is InChI=1S/C22H26N4S/c1-16-6-8-18(9-7-16)19-14-26(15-20(19)25(2)3)13-17-11-23-22(24-12-17)21-5-4-10-27-21/h4-12,19-20H,13-15H2,1-3H3. The van der Waals surface area contributed by atoms with Crippen molar-refractivity contribution < 1.29 is 0 Å². The minimum atomic E-state index is 0.527. The molecule has 1 fully saturated rings. The first kappa shape index (κ1) is 18.3. The average Bonchev–Trinajstić information content (AvgIpc) is 3.33. The van der Waals surface area contributed by atoms with Gasteiger partial charge in [0.05, 0.1) is 4.88 Å². The molecule has 3 aromatic rings. The molecule has 1 aliphatic heterocycles. The van der Waals surface area contributed by atoms with Crippen LogP contribution in [0.2, 0.25) is 0 Å². The van der Waals surface area contributed by atoms with E-state index in [9.17, 15) is 0 Å². The maximum atomic E-state index is 4.57. The molecule has 2 aromatic heterocycles. The number of likely N-dealkylation sites (tertiary alicyclic amines) is 1. The lowest BCUT2D eigenvalue weighted by Crippen LogP contribution is -2.34. The van der Waals surface area contributed by atoms with Crippen molar-refractivity contribution in [2.24, 2.45) is 0 Å². The van der Waals surface area contributed by atoms with Crippen LogP contribution in [-0.4, -0.2) is 53.0 Å². The summed E-state index contributed by atoms with van der Waals surface area (Å²) in [4.78, 5) is 15.1. The Bertz CT molecular complexity index is 856. The summed E-state index contributed by atoms with van der Waals surface area (Å²) in [6, 6.07) is 13.7. The van der Waals surface area contributed by atoms with Crippen LogP contribution in [0.1, 0.15) is 22.6 Å². The molecule has 0 radical (unpaired) electrons. The van der Waals surface area contributed by atoms with Crippen molar-refractivity contribution in [2.75, 3.05) is 27.2 Å². The van der Waals surface area contributed by atoms with Gasteiger partial charge in [-0.15, -0.1) is 11.3 Å². The van der Waals surface area contributed by atoms with Crippen LogP contribution in [0.4, 0.5) is 0 Å². The molecule has 1 saturated heterocycles. The maximum Gasteiger partial charge on any atom is 0.169 e. The second-order valence-corrected chi connectivity index (χ2v) is 8.58. The van der Waals surface area contributed by atoms with Crippen LogP contribution in [0.25, 0.3) is 10.7 Å². The smallest absolute Gasteiger partial charge is 0.169 e. The highest BCUT2D eigenvalue weighted by Crippen LogP contribution is 2.31. The third-order valence-electron chi connectivity index (χ3n) is 5.39. The van der Waals surface area contributed by atoms with Gasteiger partial charge in [-0.25, -0.2) is 9.97 Å². The van der Waals surface area contributed by atoms with Crippen molar-refractivity contribution in [1.29, 1.82) is 0 Å². The number of aryl methyl sites for hydroxylation is 1. The Labute approximate surface area is 165 Å². The zero-order chi connectivity index (χ0) is 18.8. The molecule has 1 aliphatic rings. The van der Waals surface area contributed by atoms with Crippen LogP contribution >= 0.6 is 11.3 Å². The van der Waals surface area contributed by atoms with Crippen LogP contribution in [0.3, 0.4) is 0 Å². The van der Waals surface area contributed by atoms with Crippen LogP contribution in [0.5, 0.6) is 0 Å². The zero-order valence-electron chi connectivity index (χ0n) is 16.2. The van der Waals surface area contributed by atoms with Crippen LogP contribution in [0, 0.1) is 6.92 Å². The van der Waals surface area contributed by atoms with Crippen molar-refractivity contribution in [3.8, 4) is 10.7 Å². The number of benzene rings is 1. The maximum absolute atomic E-state index is 4.57. The predicted molar refractivity (Wildman–Crippen MR) is 112 cm³/mol. The van der Waals surface area contributed by atoms with Gasteiger partial charge in [0.15, 0.2) is 5.82 Å². The van der Waals surface area contributed by atoms with Gasteiger partial charge in [0, 0.05) is 49.6 Å². The topological polar surface area (TPSA) is 32.3 Å². The molecule has 4 rings (SSSR count). The number of nitrogens with zero attached hydrogens (tertiary/aromatic N) is 4. The molecule has 0 spiro atoms. The third kappa shape index (κ3) is 4.10. The van der Waals surface area contributed by atoms with Crippen LogP contribution in [-0.2, 0) is 6.54 Å². The first-order chi connectivity index (χ1) is 13.1. The van der Waals surface area contributed by atoms with E-state index in [0.29, 0.717) is 12.0 Å². The molecule has 4 nitrogen and oxygen atoms in total. The highest BCUT2D eigenvalue weighted by molar-refractivity contribution is 7.13. The van der Waals surface area contributed by atoms with Gasteiger partial charge >= 0.3 is 0 Å². The molecule has 0 saturated carbocycles. The van der Waals surface area contributed by atoms with E-state index in [1.54, 1.807) is 11.3 Å². The second-order valence-electron chi connectivity index (χ2n) is 7.63. The number of hydrogen-bond acceptors (Lipinski definition) is 5. The fourth-order valence-corrected chi connectivity index (χ4v) is 4.56. The predicted octanol–water partition coefficient (Wildman–Crippen LogP) is 4.04. The summed E-state index contributed by atoms with van der Waals surface area (Å²) in [6.07, 6.45) is 3.96. The van der Waals surface area contributed by atoms with E-state index in [-0.39, 0.29) is 0 Å². The van der Waals surface area contributed by atoms with Gasteiger partial charge in [-0.1, -0.05) is 35.9 Å². The van der Waals surface area contributed by atoms with Gasteiger partial charge in [-0.2, -0.15) is 0 Å². The van der Waals surface area contributed by atoms with E-state index < -0.39 is 0 Å². The van der Waals surface area contributed by atoms with E-state index in [1.165, 1.54) is 16.7 Å². The first-order valence-corrected chi connectivity index (χ1v) is 10.3. The monoisotopic (exact) mass is 378 g/mol. The van der Waals surface area contributed by atoms with Crippen molar-refractivity contribution >= 4 is 11.3 Å². The molecule has 0 aliphatic carbocycles. The summed E-state index contributed by atoms with van der Waals surface area (Å²) in [5, 5.41) is 2.06. The van der Waals surface area contributed by atoms with Crippen LogP contribution in [0.15, 0.2) is 54.2 Å². The fraction of sp³-hybridized carbons (Fsp3) is 0.364. The summed E-state index contributed by atoms with van der Waals surface area (Å²) in [7, 11) is 4.38. The first-order valence-electron chi connectivity index (χ1n) is 9.40. The quantitative estimate of drug-likeness (QED) is 0.671. The SMILES string of the molecule is Cc1ccc(C2CN(Cc3cnc(-c4cccs4)nc3)CC2N(C)C)cc1. The summed E-state index contributed by atoms with van der Waals surface area (Å²) in [5.41, 5.74) is 3.93. The lowest BCUT2D eigenvalue weighted by Gasteiger charge is -2.25. The van der Waals surface area contributed by atoms with Crippen molar-refractivity contribution in [2.45, 2.75) is 25.4 Å². The van der Waals surface area contributed by atoms with Crippen molar-refractivity contribution in [3.63, 3.8) is 0 Å². The molecular weight excluding hydrogens is 352 g/mol. The third-order valence-corrected chi connectivity index (χ3v) is 6.25. The molecule has 5 heteroatoms. The van der Waals surface area contributed by atoms with Crippen molar-refractivity contribution in [3.05, 3.63) is 70.9 Å². The molecule has 1 aromatic carbocycles. The van der Waals surface area contributed by atoms with Gasteiger partial charge in [-0.3, -0.25) is 4.90 Å². The van der Waals surface area contributed by atoms with E-state index in [1.807, 2.05) is 18.5 Å². The molecule has 0 bridgehead atoms. The zero-order valence-corrected chi connectivity index (χ0v) is 17.0. The summed E-state index contributed by atoms with van der Waals surface area (Å²) in [5.74, 6) is 1.35. The summed E-state index contributed by atoms with van der Waals surface area (Å²) < 4.78 is 0. The molecule has 3 heterocycles. The molecule has 140 valence electrons. The molecular formula is C22H26N4S. The van der Waals surface area contributed by atoms with Crippen LogP contribution < -0.4 is 0 Å². The Morgan fingerprint density at radius 3 is 2.44 bits per heavy atom. The summed E-state index contributed by atoms with van der Waals surface area (Å²) in [6.45, 7) is 5.18. The summed E-state index contributed by atoms with van der Waals surface area (Å²) >= 11 is 1.68. The normalized spacial score (nSPS) is 20.4. The molecule has 2 atom stereocenters. The van der Waals surface area contributed by atoms with E-state index in [4.69, 9.17) is 0 Å². The Morgan fingerprint density at radius 2 is 1.81 bits per heavy atom. The Hall–Kier alpha value is -2.08. The molecule has 2 unspecified atom stereocenters. The highest BCUT2D eigenvalue weighted by Gasteiger charge is 2.35. The van der Waals surface area contributed by atoms with E-state index in [0.717, 1.165) is 30.3 Å². The number of aromatic nitrogens is 2. The number of rotatable bonds is 5. The number of hydrogen-bond donors (Lipinski definition) is 0. The minimum Gasteiger partial charge on any atom is -0.305 e. The van der Waals surface area contributed by atoms with E-state index >= 15 is 0 Å². The minimum absolute atomic E-state index is 0.527. The fourth-order valence-electron chi connectivity index (χ4n) is 3.89. The van der Waals surface area contributed by atoms with Crippen molar-refractivity contribution in [1.82, 2.24) is 19.8 Å².